The van der Waals surface area contributed by atoms with E-state index in [9.17, 15) is 29.4 Å². The van der Waals surface area contributed by atoms with E-state index in [1.165, 1.54) is 32.1 Å². The molecule has 10 heteroatoms. The van der Waals surface area contributed by atoms with Gasteiger partial charge in [0.05, 0.1) is 18.3 Å². The van der Waals surface area contributed by atoms with E-state index < -0.39 is 41.9 Å². The first-order valence-corrected chi connectivity index (χ1v) is 11.3. The van der Waals surface area contributed by atoms with Crippen molar-refractivity contribution < 1.29 is 34.1 Å². The van der Waals surface area contributed by atoms with E-state index in [4.69, 9.17) is 4.74 Å². The lowest BCUT2D eigenvalue weighted by Gasteiger charge is -2.46. The number of carbonyl (C=O) groups excluding carboxylic acids is 3. The van der Waals surface area contributed by atoms with E-state index in [0.717, 1.165) is 10.0 Å². The normalized spacial score (nSPS) is 17.3. The van der Waals surface area contributed by atoms with Crippen LogP contribution in [0.2, 0.25) is 0 Å². The fourth-order valence-electron chi connectivity index (χ4n) is 4.18. The van der Waals surface area contributed by atoms with Crippen LogP contribution < -0.4 is 0 Å². The maximum Gasteiger partial charge on any atom is 0.334 e. The van der Waals surface area contributed by atoms with Gasteiger partial charge in [-0.25, -0.2) is 14.8 Å². The van der Waals surface area contributed by atoms with Crippen LogP contribution in [0.15, 0.2) is 66.9 Å². The Morgan fingerprint density at radius 3 is 2.11 bits per heavy atom. The zero-order valence-corrected chi connectivity index (χ0v) is 20.3. The Hall–Kier alpha value is -4.02. The van der Waals surface area contributed by atoms with E-state index in [-0.39, 0.29) is 18.7 Å². The van der Waals surface area contributed by atoms with Gasteiger partial charge >= 0.3 is 5.97 Å². The summed E-state index contributed by atoms with van der Waals surface area (Å²) in [5.41, 5.74) is 1.33. The minimum Gasteiger partial charge on any atom is -0.479 e. The highest BCUT2D eigenvalue weighted by Crippen LogP contribution is 2.31. The molecule has 10 nitrogen and oxygen atoms in total. The zero-order valence-electron chi connectivity index (χ0n) is 20.3. The van der Waals surface area contributed by atoms with Crippen LogP contribution in [0.4, 0.5) is 0 Å². The van der Waals surface area contributed by atoms with Crippen LogP contribution in [0.3, 0.4) is 0 Å². The number of amides is 3. The van der Waals surface area contributed by atoms with Crippen molar-refractivity contribution in [3.05, 3.63) is 78.0 Å². The molecule has 3 rings (SSSR count). The molecule has 0 spiro atoms. The molecule has 0 saturated heterocycles. The topological polar surface area (TPSA) is 128 Å². The smallest absolute Gasteiger partial charge is 0.334 e. The van der Waals surface area contributed by atoms with Gasteiger partial charge in [0.25, 0.3) is 5.91 Å². The third-order valence-electron chi connectivity index (χ3n) is 5.83. The fourth-order valence-corrected chi connectivity index (χ4v) is 4.18. The van der Waals surface area contributed by atoms with Gasteiger partial charge < -0.3 is 19.8 Å². The van der Waals surface area contributed by atoms with Gasteiger partial charge in [0, 0.05) is 32.7 Å². The Morgan fingerprint density at radius 1 is 1.03 bits per heavy atom. The molecular weight excluding hydrogens is 466 g/mol. The number of carboxylic acids is 1. The van der Waals surface area contributed by atoms with Crippen molar-refractivity contribution in [3.63, 3.8) is 0 Å². The number of aliphatic hydroxyl groups excluding tert-OH is 1. The Labute approximate surface area is 208 Å². The zero-order chi connectivity index (χ0) is 26.4. The number of carboxylic acid groups (broad SMARTS) is 1. The molecule has 2 aromatic carbocycles. The van der Waals surface area contributed by atoms with E-state index in [1.807, 2.05) is 0 Å². The number of hydrogen-bond acceptors (Lipinski definition) is 6. The van der Waals surface area contributed by atoms with Gasteiger partial charge in [-0.05, 0) is 12.0 Å². The second-order valence-corrected chi connectivity index (χ2v) is 8.33. The average molecular weight is 496 g/mol. The number of benzene rings is 2. The van der Waals surface area contributed by atoms with Crippen LogP contribution in [0.1, 0.15) is 25.0 Å². The van der Waals surface area contributed by atoms with Crippen molar-refractivity contribution in [1.82, 2.24) is 14.9 Å². The quantitative estimate of drug-likeness (QED) is 0.540. The first-order valence-electron chi connectivity index (χ1n) is 11.3. The van der Waals surface area contributed by atoms with Gasteiger partial charge in [0.1, 0.15) is 6.04 Å². The second-order valence-electron chi connectivity index (χ2n) is 8.33. The lowest BCUT2D eigenvalue weighted by molar-refractivity contribution is -0.175. The molecule has 2 unspecified atom stereocenters. The van der Waals surface area contributed by atoms with Crippen molar-refractivity contribution in [3.8, 4) is 0 Å². The van der Waals surface area contributed by atoms with E-state index >= 15 is 0 Å². The number of rotatable bonds is 9. The molecule has 1 aliphatic heterocycles. The largest absolute Gasteiger partial charge is 0.479 e. The van der Waals surface area contributed by atoms with Gasteiger partial charge in [-0.3, -0.25) is 14.4 Å². The van der Waals surface area contributed by atoms with Gasteiger partial charge in [-0.15, -0.1) is 0 Å². The second kappa shape index (κ2) is 11.6. The minimum atomic E-state index is -2.01. The van der Waals surface area contributed by atoms with Crippen LogP contribution in [-0.2, 0) is 30.3 Å². The number of aliphatic carboxylic acids is 1. The first-order chi connectivity index (χ1) is 17.2. The molecule has 0 bridgehead atoms. The summed E-state index contributed by atoms with van der Waals surface area (Å²) in [5, 5.41) is 22.4. The third-order valence-corrected chi connectivity index (χ3v) is 5.83. The number of aliphatic hydroxyl groups is 1. The van der Waals surface area contributed by atoms with Crippen molar-refractivity contribution in [1.29, 1.82) is 0 Å². The summed E-state index contributed by atoms with van der Waals surface area (Å²) in [7, 11) is 1.38. The molecule has 190 valence electrons. The number of ether oxygens (including phenoxy) is 1. The maximum absolute atomic E-state index is 13.9. The Bertz CT molecular complexity index is 1140. The lowest BCUT2D eigenvalue weighted by Crippen LogP contribution is -2.64. The molecule has 0 radical (unpaired) electrons. The number of hydrogen-bond donors (Lipinski definition) is 2. The van der Waals surface area contributed by atoms with Gasteiger partial charge in [0.2, 0.25) is 11.8 Å². The number of carbonyl (C=O) groups is 4. The van der Waals surface area contributed by atoms with Crippen molar-refractivity contribution in [2.45, 2.75) is 38.5 Å². The molecule has 0 aliphatic carbocycles. The predicted molar refractivity (Wildman–Crippen MR) is 130 cm³/mol. The molecule has 1 aliphatic rings. The highest BCUT2D eigenvalue weighted by Gasteiger charge is 2.45. The summed E-state index contributed by atoms with van der Waals surface area (Å²) in [6.07, 6.45) is -0.623. The molecule has 36 heavy (non-hydrogen) atoms. The minimum absolute atomic E-state index is 0.0505. The fraction of sp³-hybridized carbons (Fsp3) is 0.308. The molecule has 2 N–H and O–H groups in total. The maximum atomic E-state index is 13.9. The Kier molecular flexibility index (Phi) is 8.57. The standard InChI is InChI=1S/C26H29N3O7/c1-17(30)27-15-22(20-12-8-5-9-13-20)29(25(33)23(27)16-36-3)28(18(2)31)21(24(32)26(34)35)14-19-10-6-4-7-11-19/h4-13,15,21,23-24,32H,14,16H2,1-3H3,(H,34,35)/t21-,23?,24?/m0/s1. The van der Waals surface area contributed by atoms with Crippen molar-refractivity contribution >= 4 is 29.4 Å². The van der Waals surface area contributed by atoms with Gasteiger partial charge in [-0.1, -0.05) is 60.7 Å². The molecule has 2 aromatic rings. The van der Waals surface area contributed by atoms with Crippen LogP contribution in [0.25, 0.3) is 5.70 Å². The van der Waals surface area contributed by atoms with Crippen molar-refractivity contribution in [2.24, 2.45) is 0 Å². The van der Waals surface area contributed by atoms with Crippen LogP contribution >= 0.6 is 0 Å². The van der Waals surface area contributed by atoms with E-state index in [2.05, 4.69) is 0 Å². The number of hydrazine groups is 1. The Balaban J connectivity index is 2.23. The van der Waals surface area contributed by atoms with Crippen LogP contribution in [0, 0.1) is 0 Å². The number of methoxy groups -OCH3 is 1. The third kappa shape index (κ3) is 5.61. The summed E-state index contributed by atoms with van der Waals surface area (Å²) in [6, 6.07) is 14.9. The van der Waals surface area contributed by atoms with Crippen molar-refractivity contribution in [2.75, 3.05) is 13.7 Å². The average Bonchev–Trinajstić information content (AvgIpc) is 2.86. The molecule has 1 heterocycles. The molecule has 3 atom stereocenters. The summed E-state index contributed by atoms with van der Waals surface area (Å²) in [4.78, 5) is 52.6. The van der Waals surface area contributed by atoms with E-state index in [1.54, 1.807) is 60.7 Å². The molecule has 0 saturated carbocycles. The van der Waals surface area contributed by atoms with Gasteiger partial charge in [-0.2, -0.15) is 0 Å². The molecular formula is C26H29N3O7. The first kappa shape index (κ1) is 26.6. The highest BCUT2D eigenvalue weighted by atomic mass is 16.5. The SMILES string of the molecule is COCC1C(=O)N(N(C(C)=O)[C@@H](Cc2ccccc2)C(O)C(=O)O)C(c2ccccc2)=CN1C(C)=O. The summed E-state index contributed by atoms with van der Waals surface area (Å²) in [5.74, 6) is -3.31. The summed E-state index contributed by atoms with van der Waals surface area (Å²) < 4.78 is 5.19. The highest BCUT2D eigenvalue weighted by molar-refractivity contribution is 5.98. The molecule has 0 fully saturated rings. The Morgan fingerprint density at radius 2 is 1.61 bits per heavy atom. The molecule has 3 amide bonds. The monoisotopic (exact) mass is 495 g/mol. The number of nitrogens with zero attached hydrogens (tertiary/aromatic N) is 3. The van der Waals surface area contributed by atoms with E-state index in [0.29, 0.717) is 11.1 Å². The lowest BCUT2D eigenvalue weighted by atomic mass is 9.99. The summed E-state index contributed by atoms with van der Waals surface area (Å²) in [6.45, 7) is 2.33. The summed E-state index contributed by atoms with van der Waals surface area (Å²) >= 11 is 0. The van der Waals surface area contributed by atoms with Gasteiger partial charge in [0.15, 0.2) is 6.10 Å². The van der Waals surface area contributed by atoms with Crippen LogP contribution in [0.5, 0.6) is 0 Å². The molecule has 0 aromatic heterocycles. The predicted octanol–water partition coefficient (Wildman–Crippen LogP) is 1.51. The van der Waals surface area contributed by atoms with Crippen LogP contribution in [-0.4, -0.2) is 80.7 Å².